The van der Waals surface area contributed by atoms with E-state index in [-0.39, 0.29) is 0 Å². The fraction of sp³-hybridized carbons (Fsp3) is 0.800. The minimum Gasteiger partial charge on any atom is -0.383 e. The van der Waals surface area contributed by atoms with E-state index in [1.54, 1.807) is 7.11 Å². The van der Waals surface area contributed by atoms with E-state index in [9.17, 15) is 0 Å². The normalized spacial score (nSPS) is 10.5. The number of hydrogen-bond acceptors (Lipinski definition) is 2. The van der Waals surface area contributed by atoms with Gasteiger partial charge in [0.1, 0.15) is 0 Å². The molecule has 0 N–H and O–H groups in total. The average Bonchev–Trinajstić information content (AvgIpc) is 2.09. The van der Waals surface area contributed by atoms with E-state index in [0.29, 0.717) is 0 Å². The molecule has 0 aliphatic heterocycles. The van der Waals surface area contributed by atoms with Gasteiger partial charge in [-0.1, -0.05) is 27.6 Å². The standard InChI is InChI=1S/C10H20BrNO/c1-10(2)4-6-12(7-5-11)8-9-13-3/h4H,5-9H2,1-3H3. The van der Waals surface area contributed by atoms with Crippen molar-refractivity contribution in [1.29, 1.82) is 0 Å². The molecule has 0 bridgehead atoms. The molecule has 0 aromatic rings. The topological polar surface area (TPSA) is 12.5 Å². The highest BCUT2D eigenvalue weighted by atomic mass is 79.9. The first-order valence-corrected chi connectivity index (χ1v) is 5.73. The fourth-order valence-electron chi connectivity index (χ4n) is 0.946. The summed E-state index contributed by atoms with van der Waals surface area (Å²) in [4.78, 5) is 2.37. The number of ether oxygens (including phenoxy) is 1. The van der Waals surface area contributed by atoms with Crippen molar-refractivity contribution in [1.82, 2.24) is 4.90 Å². The van der Waals surface area contributed by atoms with E-state index in [0.717, 1.165) is 31.6 Å². The summed E-state index contributed by atoms with van der Waals surface area (Å²) in [6.45, 7) is 8.17. The van der Waals surface area contributed by atoms with Gasteiger partial charge in [-0.05, 0) is 13.8 Å². The first-order valence-electron chi connectivity index (χ1n) is 4.61. The third kappa shape index (κ3) is 8.47. The van der Waals surface area contributed by atoms with E-state index >= 15 is 0 Å². The Kier molecular flexibility index (Phi) is 8.82. The lowest BCUT2D eigenvalue weighted by molar-refractivity contribution is 0.158. The first-order chi connectivity index (χ1) is 6.20. The second-order valence-corrected chi connectivity index (χ2v) is 4.06. The van der Waals surface area contributed by atoms with Crippen molar-refractivity contribution >= 4 is 15.9 Å². The van der Waals surface area contributed by atoms with E-state index in [2.05, 4.69) is 40.8 Å². The van der Waals surface area contributed by atoms with Gasteiger partial charge in [0.15, 0.2) is 0 Å². The number of methoxy groups -OCH3 is 1. The van der Waals surface area contributed by atoms with E-state index in [4.69, 9.17) is 4.74 Å². The monoisotopic (exact) mass is 249 g/mol. The molecule has 0 aromatic carbocycles. The van der Waals surface area contributed by atoms with Crippen LogP contribution in [0.3, 0.4) is 0 Å². The quantitative estimate of drug-likeness (QED) is 0.507. The largest absolute Gasteiger partial charge is 0.383 e. The molecule has 0 rings (SSSR count). The number of alkyl halides is 1. The van der Waals surface area contributed by atoms with Crippen LogP contribution in [0.15, 0.2) is 11.6 Å². The van der Waals surface area contributed by atoms with Gasteiger partial charge < -0.3 is 4.74 Å². The molecule has 0 saturated carbocycles. The molecule has 0 saturated heterocycles. The number of hydrogen-bond donors (Lipinski definition) is 0. The zero-order valence-corrected chi connectivity index (χ0v) is 10.4. The zero-order chi connectivity index (χ0) is 10.1. The van der Waals surface area contributed by atoms with Gasteiger partial charge in [-0.25, -0.2) is 0 Å². The Labute approximate surface area is 90.1 Å². The number of halogens is 1. The van der Waals surface area contributed by atoms with Crippen LogP contribution in [0.4, 0.5) is 0 Å². The van der Waals surface area contributed by atoms with Crippen LogP contribution >= 0.6 is 15.9 Å². The van der Waals surface area contributed by atoms with E-state index in [1.165, 1.54) is 5.57 Å². The molecule has 0 atom stereocenters. The molecule has 3 heteroatoms. The molecular formula is C10H20BrNO. The molecular weight excluding hydrogens is 230 g/mol. The van der Waals surface area contributed by atoms with Crippen LogP contribution in [-0.2, 0) is 4.74 Å². The second-order valence-electron chi connectivity index (χ2n) is 3.26. The van der Waals surface area contributed by atoms with Crippen LogP contribution in [0.25, 0.3) is 0 Å². The molecule has 78 valence electrons. The van der Waals surface area contributed by atoms with Crippen molar-refractivity contribution < 1.29 is 4.74 Å². The van der Waals surface area contributed by atoms with Gasteiger partial charge in [0, 0.05) is 32.1 Å². The molecule has 0 unspecified atom stereocenters. The summed E-state index contributed by atoms with van der Waals surface area (Å²) in [6.07, 6.45) is 2.25. The number of rotatable bonds is 7. The van der Waals surface area contributed by atoms with Crippen molar-refractivity contribution in [3.8, 4) is 0 Å². The smallest absolute Gasteiger partial charge is 0.0589 e. The SMILES string of the molecule is COCCN(CC=C(C)C)CCBr. The maximum atomic E-state index is 5.05. The van der Waals surface area contributed by atoms with Gasteiger partial charge in [-0.3, -0.25) is 4.90 Å². The molecule has 0 aromatic heterocycles. The highest BCUT2D eigenvalue weighted by molar-refractivity contribution is 9.09. The van der Waals surface area contributed by atoms with Gasteiger partial charge >= 0.3 is 0 Å². The third-order valence-corrected chi connectivity index (χ3v) is 2.12. The Morgan fingerprint density at radius 3 is 2.54 bits per heavy atom. The predicted molar refractivity (Wildman–Crippen MR) is 61.5 cm³/mol. The van der Waals surface area contributed by atoms with Crippen molar-refractivity contribution in [3.63, 3.8) is 0 Å². The summed E-state index contributed by atoms with van der Waals surface area (Å²) in [6, 6.07) is 0. The van der Waals surface area contributed by atoms with Crippen LogP contribution in [-0.4, -0.2) is 43.6 Å². The molecule has 0 aliphatic carbocycles. The summed E-state index contributed by atoms with van der Waals surface area (Å²) in [7, 11) is 1.74. The Balaban J connectivity index is 3.72. The van der Waals surface area contributed by atoms with Crippen molar-refractivity contribution in [2.24, 2.45) is 0 Å². The second kappa shape index (κ2) is 8.73. The van der Waals surface area contributed by atoms with Gasteiger partial charge in [-0.2, -0.15) is 0 Å². The Morgan fingerprint density at radius 2 is 2.08 bits per heavy atom. The summed E-state index contributed by atoms with van der Waals surface area (Å²) in [5.41, 5.74) is 1.37. The van der Waals surface area contributed by atoms with Gasteiger partial charge in [0.25, 0.3) is 0 Å². The molecule has 0 fully saturated rings. The first kappa shape index (κ1) is 13.1. The lowest BCUT2D eigenvalue weighted by atomic mass is 10.3. The maximum absolute atomic E-state index is 5.05. The van der Waals surface area contributed by atoms with Gasteiger partial charge in [0.05, 0.1) is 6.61 Å². The molecule has 0 radical (unpaired) electrons. The lowest BCUT2D eigenvalue weighted by Crippen LogP contribution is -2.29. The summed E-state index contributed by atoms with van der Waals surface area (Å²) in [5.74, 6) is 0. The highest BCUT2D eigenvalue weighted by Crippen LogP contribution is 1.95. The number of nitrogens with zero attached hydrogens (tertiary/aromatic N) is 1. The van der Waals surface area contributed by atoms with E-state index in [1.807, 2.05) is 0 Å². The van der Waals surface area contributed by atoms with E-state index < -0.39 is 0 Å². The summed E-state index contributed by atoms with van der Waals surface area (Å²) in [5, 5.41) is 1.02. The molecule has 13 heavy (non-hydrogen) atoms. The third-order valence-electron chi connectivity index (χ3n) is 1.77. The highest BCUT2D eigenvalue weighted by Gasteiger charge is 2.00. The molecule has 0 amide bonds. The number of allylic oxidation sites excluding steroid dienone is 1. The Hall–Kier alpha value is 0.140. The maximum Gasteiger partial charge on any atom is 0.0589 e. The molecule has 0 aliphatic rings. The minimum absolute atomic E-state index is 0.809. The van der Waals surface area contributed by atoms with Gasteiger partial charge in [0.2, 0.25) is 0 Å². The molecule has 2 nitrogen and oxygen atoms in total. The van der Waals surface area contributed by atoms with Crippen molar-refractivity contribution in [2.45, 2.75) is 13.8 Å². The van der Waals surface area contributed by atoms with Crippen LogP contribution < -0.4 is 0 Å². The zero-order valence-electron chi connectivity index (χ0n) is 8.85. The predicted octanol–water partition coefficient (Wildman–Crippen LogP) is 2.30. The minimum atomic E-state index is 0.809. The average molecular weight is 250 g/mol. The van der Waals surface area contributed by atoms with Crippen LogP contribution in [0.5, 0.6) is 0 Å². The summed E-state index contributed by atoms with van der Waals surface area (Å²) < 4.78 is 5.05. The fourth-order valence-corrected chi connectivity index (χ4v) is 1.45. The van der Waals surface area contributed by atoms with Crippen LogP contribution in [0.1, 0.15) is 13.8 Å². The summed E-state index contributed by atoms with van der Waals surface area (Å²) >= 11 is 3.45. The van der Waals surface area contributed by atoms with Gasteiger partial charge in [-0.15, -0.1) is 0 Å². The molecule has 0 spiro atoms. The molecule has 0 heterocycles. The Morgan fingerprint density at radius 1 is 1.38 bits per heavy atom. The Bertz CT molecular complexity index is 144. The van der Waals surface area contributed by atoms with Crippen LogP contribution in [0.2, 0.25) is 0 Å². The van der Waals surface area contributed by atoms with Crippen molar-refractivity contribution in [2.75, 3.05) is 38.7 Å². The van der Waals surface area contributed by atoms with Crippen LogP contribution in [0, 0.1) is 0 Å². The van der Waals surface area contributed by atoms with Crippen molar-refractivity contribution in [3.05, 3.63) is 11.6 Å². The lowest BCUT2D eigenvalue weighted by Gasteiger charge is -2.18.